The molecule has 0 amide bonds. The molecule has 7 N–H and O–H groups in total. The first-order valence-corrected chi connectivity index (χ1v) is 7.43. The number of nitrogens with zero attached hydrogens (tertiary/aromatic N) is 1. The lowest BCUT2D eigenvalue weighted by atomic mass is 9.92. The first-order valence-electron chi connectivity index (χ1n) is 7.43. The van der Waals surface area contributed by atoms with Gasteiger partial charge in [-0.3, -0.25) is 4.90 Å². The molecule has 0 aliphatic carbocycles. The van der Waals surface area contributed by atoms with Gasteiger partial charge in [0.15, 0.2) is 6.29 Å². The van der Waals surface area contributed by atoms with Crippen molar-refractivity contribution in [1.82, 2.24) is 4.90 Å². The Balaban J connectivity index is 2.09. The normalized spacial score (nSPS) is 49.3. The van der Waals surface area contributed by atoms with E-state index in [0.717, 1.165) is 0 Å². The van der Waals surface area contributed by atoms with Gasteiger partial charge in [-0.15, -0.1) is 0 Å². The molecule has 0 saturated carbocycles. The van der Waals surface area contributed by atoms with Crippen LogP contribution in [0.2, 0.25) is 0 Å². The predicted octanol–water partition coefficient (Wildman–Crippen LogP) is -4.80. The van der Waals surface area contributed by atoms with Crippen molar-refractivity contribution in [1.29, 1.82) is 0 Å². The summed E-state index contributed by atoms with van der Waals surface area (Å²) in [6, 6.07) is -0.866. The molecule has 10 nitrogen and oxygen atoms in total. The zero-order chi connectivity index (χ0) is 17.3. The molecule has 2 aliphatic rings. The van der Waals surface area contributed by atoms with Crippen molar-refractivity contribution >= 4 is 0 Å². The van der Waals surface area contributed by atoms with E-state index in [1.165, 1.54) is 12.0 Å². The number of aliphatic hydroxyl groups excluding tert-OH is 7. The Bertz CT molecular complexity index is 384. The summed E-state index contributed by atoms with van der Waals surface area (Å²) in [6.45, 7) is -0.601. The number of aliphatic hydroxyl groups is 7. The van der Waals surface area contributed by atoms with Crippen LogP contribution in [0.1, 0.15) is 0 Å². The first-order chi connectivity index (χ1) is 10.8. The molecule has 2 heterocycles. The second kappa shape index (κ2) is 7.66. The highest BCUT2D eigenvalue weighted by Gasteiger charge is 2.47. The number of methoxy groups -OCH3 is 1. The van der Waals surface area contributed by atoms with Gasteiger partial charge in [-0.2, -0.15) is 0 Å². The number of piperidine rings is 1. The molecule has 0 aromatic rings. The van der Waals surface area contributed by atoms with Crippen LogP contribution in [0.5, 0.6) is 0 Å². The van der Waals surface area contributed by atoms with Crippen molar-refractivity contribution in [3.63, 3.8) is 0 Å². The van der Waals surface area contributed by atoms with E-state index in [9.17, 15) is 35.7 Å². The highest BCUT2D eigenvalue weighted by atomic mass is 16.7. The molecule has 0 radical (unpaired) electrons. The molecule has 2 unspecified atom stereocenters. The summed E-state index contributed by atoms with van der Waals surface area (Å²) >= 11 is 0. The fourth-order valence-electron chi connectivity index (χ4n) is 3.08. The van der Waals surface area contributed by atoms with E-state index in [-0.39, 0.29) is 13.1 Å². The van der Waals surface area contributed by atoms with Crippen molar-refractivity contribution in [2.75, 3.05) is 26.8 Å². The quantitative estimate of drug-likeness (QED) is 0.264. The summed E-state index contributed by atoms with van der Waals surface area (Å²) in [5.41, 5.74) is 0. The van der Waals surface area contributed by atoms with E-state index in [0.29, 0.717) is 0 Å². The summed E-state index contributed by atoms with van der Waals surface area (Å²) in [5, 5.41) is 68.4. The number of hydrogen-bond donors (Lipinski definition) is 7. The fourth-order valence-corrected chi connectivity index (χ4v) is 3.08. The Morgan fingerprint density at radius 1 is 0.957 bits per heavy atom. The van der Waals surface area contributed by atoms with E-state index in [1.807, 2.05) is 0 Å². The Kier molecular flexibility index (Phi) is 6.30. The molecule has 2 fully saturated rings. The third kappa shape index (κ3) is 3.66. The van der Waals surface area contributed by atoms with Crippen LogP contribution in [0.3, 0.4) is 0 Å². The van der Waals surface area contributed by atoms with Crippen LogP contribution in [0, 0.1) is 0 Å². The lowest BCUT2D eigenvalue weighted by Gasteiger charge is -2.46. The first kappa shape index (κ1) is 18.9. The Labute approximate surface area is 133 Å². The van der Waals surface area contributed by atoms with E-state index >= 15 is 0 Å². The van der Waals surface area contributed by atoms with Gasteiger partial charge in [-0.25, -0.2) is 0 Å². The van der Waals surface area contributed by atoms with E-state index in [1.54, 1.807) is 0 Å². The van der Waals surface area contributed by atoms with E-state index in [4.69, 9.17) is 9.47 Å². The van der Waals surface area contributed by atoms with Crippen LogP contribution in [0.4, 0.5) is 0 Å². The summed E-state index contributed by atoms with van der Waals surface area (Å²) in [7, 11) is 1.27. The van der Waals surface area contributed by atoms with Gasteiger partial charge < -0.3 is 45.2 Å². The number of likely N-dealkylation sites (tertiary alicyclic amines) is 1. The largest absolute Gasteiger partial charge is 0.395 e. The minimum Gasteiger partial charge on any atom is -0.395 e. The molecule has 0 aromatic heterocycles. The van der Waals surface area contributed by atoms with Crippen LogP contribution in [0.15, 0.2) is 0 Å². The number of ether oxygens (including phenoxy) is 2. The molecule has 23 heavy (non-hydrogen) atoms. The van der Waals surface area contributed by atoms with Crippen molar-refractivity contribution < 1.29 is 45.2 Å². The van der Waals surface area contributed by atoms with Crippen molar-refractivity contribution in [3.8, 4) is 0 Å². The van der Waals surface area contributed by atoms with Crippen molar-refractivity contribution in [2.45, 2.75) is 55.1 Å². The van der Waals surface area contributed by atoms with Gasteiger partial charge in [0.2, 0.25) is 0 Å². The molecule has 136 valence electrons. The smallest absolute Gasteiger partial charge is 0.186 e. The molecule has 0 aromatic carbocycles. The van der Waals surface area contributed by atoms with E-state index in [2.05, 4.69) is 0 Å². The SMILES string of the molecule is CO[C@@H]1O[C@H](CN2CC(O)C(O)[C@H](O)[C@H]2CO)[C@@H](O)[C@H](O)[C@H]1O. The van der Waals surface area contributed by atoms with Crippen molar-refractivity contribution in [2.24, 2.45) is 0 Å². The maximum Gasteiger partial charge on any atom is 0.186 e. The Hall–Kier alpha value is -0.400. The lowest BCUT2D eigenvalue weighted by molar-refractivity contribution is -0.294. The number of β-amino-alcohol motifs (C(OH)–C–C–N with tert-alkyl or cyclic N) is 1. The second-order valence-corrected chi connectivity index (χ2v) is 6.00. The number of hydrogen-bond acceptors (Lipinski definition) is 10. The van der Waals surface area contributed by atoms with Gasteiger partial charge in [0.1, 0.15) is 36.6 Å². The molecule has 2 aliphatic heterocycles. The van der Waals surface area contributed by atoms with Crippen molar-refractivity contribution in [3.05, 3.63) is 0 Å². The van der Waals surface area contributed by atoms with Crippen LogP contribution >= 0.6 is 0 Å². The van der Waals surface area contributed by atoms with Gasteiger partial charge >= 0.3 is 0 Å². The molecule has 9 atom stereocenters. The summed E-state index contributed by atoms with van der Waals surface area (Å²) < 4.78 is 10.3. The molecular formula is C13H25NO9. The standard InChI is InChI=1S/C13H25NO9/c1-22-13-12(21)11(20)10(19)7(23-13)3-14-2-6(16)9(18)8(17)5(14)4-15/h5-13,15-21H,2-4H2,1H3/t5-,6?,7-,8-,9?,10-,11+,12-,13-/m1/s1. The summed E-state index contributed by atoms with van der Waals surface area (Å²) in [4.78, 5) is 1.45. The average molecular weight is 339 g/mol. The minimum atomic E-state index is -1.49. The topological polar surface area (TPSA) is 163 Å². The van der Waals surface area contributed by atoms with Crippen LogP contribution in [0.25, 0.3) is 0 Å². The fraction of sp³-hybridized carbons (Fsp3) is 1.00. The maximum atomic E-state index is 10.0. The highest BCUT2D eigenvalue weighted by Crippen LogP contribution is 2.25. The zero-order valence-electron chi connectivity index (χ0n) is 12.7. The zero-order valence-corrected chi connectivity index (χ0v) is 12.7. The number of rotatable bonds is 4. The monoisotopic (exact) mass is 339 g/mol. The summed E-state index contributed by atoms with van der Waals surface area (Å²) in [6.07, 6.45) is -10.5. The average Bonchev–Trinajstić information content (AvgIpc) is 2.53. The van der Waals surface area contributed by atoms with Gasteiger partial charge in [0, 0.05) is 20.2 Å². The Morgan fingerprint density at radius 3 is 2.17 bits per heavy atom. The third-order valence-corrected chi connectivity index (χ3v) is 4.53. The minimum absolute atomic E-state index is 0.0587. The summed E-state index contributed by atoms with van der Waals surface area (Å²) in [5.74, 6) is 0. The van der Waals surface area contributed by atoms with Crippen LogP contribution in [-0.2, 0) is 9.47 Å². The lowest BCUT2D eigenvalue weighted by Crippen LogP contribution is -2.66. The van der Waals surface area contributed by atoms with Gasteiger partial charge in [0.05, 0.1) is 18.8 Å². The molecular weight excluding hydrogens is 314 g/mol. The van der Waals surface area contributed by atoms with Crippen LogP contribution in [-0.4, -0.2) is 123 Å². The molecule has 2 saturated heterocycles. The second-order valence-electron chi connectivity index (χ2n) is 6.00. The van der Waals surface area contributed by atoms with Gasteiger partial charge in [-0.1, -0.05) is 0 Å². The molecule has 2 rings (SSSR count). The van der Waals surface area contributed by atoms with E-state index < -0.39 is 61.7 Å². The molecule has 0 bridgehead atoms. The van der Waals surface area contributed by atoms with Gasteiger partial charge in [0.25, 0.3) is 0 Å². The third-order valence-electron chi connectivity index (χ3n) is 4.53. The molecule has 10 heteroatoms. The highest BCUT2D eigenvalue weighted by molar-refractivity contribution is 4.97. The maximum absolute atomic E-state index is 10.0. The Morgan fingerprint density at radius 2 is 1.61 bits per heavy atom. The van der Waals surface area contributed by atoms with Gasteiger partial charge in [-0.05, 0) is 0 Å². The molecule has 0 spiro atoms. The predicted molar refractivity (Wildman–Crippen MR) is 74.2 cm³/mol. The van der Waals surface area contributed by atoms with Crippen LogP contribution < -0.4 is 0 Å².